The largest absolute Gasteiger partial charge is 0.490 e. The number of hydrogen-bond acceptors (Lipinski definition) is 3. The van der Waals surface area contributed by atoms with Crippen LogP contribution in [0.25, 0.3) is 0 Å². The second-order valence-electron chi connectivity index (χ2n) is 2.78. The molecule has 0 spiro atoms. The molecule has 0 atom stereocenters. The van der Waals surface area contributed by atoms with Crippen molar-refractivity contribution in [2.45, 2.75) is 13.3 Å². The van der Waals surface area contributed by atoms with Crippen molar-refractivity contribution in [2.75, 3.05) is 19.8 Å². The van der Waals surface area contributed by atoms with Gasteiger partial charge in [-0.2, -0.15) is 0 Å². The molecule has 0 unspecified atom stereocenters. The Kier molecular flexibility index (Phi) is 5.33. The average Bonchev–Trinajstić information content (AvgIpc) is 2.21. The summed E-state index contributed by atoms with van der Waals surface area (Å²) in [7, 11) is 0. The van der Waals surface area contributed by atoms with Crippen LogP contribution in [0.15, 0.2) is 18.3 Å². The Morgan fingerprint density at radius 1 is 1.29 bits per heavy atom. The summed E-state index contributed by atoms with van der Waals surface area (Å²) < 4.78 is 10.6. The van der Waals surface area contributed by atoms with Gasteiger partial charge >= 0.3 is 0 Å². The van der Waals surface area contributed by atoms with Crippen molar-refractivity contribution in [3.05, 3.63) is 23.5 Å². The van der Waals surface area contributed by atoms with Gasteiger partial charge in [-0.3, -0.25) is 0 Å². The van der Waals surface area contributed by atoms with Crippen molar-refractivity contribution in [1.29, 1.82) is 0 Å². The van der Waals surface area contributed by atoms with Crippen molar-refractivity contribution in [3.63, 3.8) is 0 Å². The molecule has 0 saturated carbocycles. The topological polar surface area (TPSA) is 31.4 Å². The molecule has 0 bridgehead atoms. The minimum atomic E-state index is 0.472. The van der Waals surface area contributed by atoms with Gasteiger partial charge in [0.05, 0.1) is 12.8 Å². The Morgan fingerprint density at radius 2 is 2.14 bits per heavy atom. The maximum atomic E-state index is 5.62. The van der Waals surface area contributed by atoms with Gasteiger partial charge < -0.3 is 9.47 Å². The molecule has 78 valence electrons. The van der Waals surface area contributed by atoms with E-state index in [1.165, 1.54) is 0 Å². The Hall–Kier alpha value is -0.800. The maximum Gasteiger partial charge on any atom is 0.137 e. The Morgan fingerprint density at radius 3 is 2.79 bits per heavy atom. The quantitative estimate of drug-likeness (QED) is 0.540. The normalized spacial score (nSPS) is 10.1. The molecule has 0 saturated heterocycles. The summed E-state index contributed by atoms with van der Waals surface area (Å²) in [4.78, 5) is 3.89. The third-order valence-electron chi connectivity index (χ3n) is 1.55. The smallest absolute Gasteiger partial charge is 0.137 e. The third-order valence-corrected chi connectivity index (χ3v) is 1.77. The molecule has 0 aromatic carbocycles. The van der Waals surface area contributed by atoms with Crippen LogP contribution in [0.5, 0.6) is 5.75 Å². The highest BCUT2D eigenvalue weighted by Gasteiger charge is 1.94. The first-order valence-corrected chi connectivity index (χ1v) is 5.03. The van der Waals surface area contributed by atoms with E-state index in [1.54, 1.807) is 18.3 Å². The molecule has 0 aliphatic rings. The van der Waals surface area contributed by atoms with E-state index in [-0.39, 0.29) is 0 Å². The lowest BCUT2D eigenvalue weighted by molar-refractivity contribution is 0.100. The van der Waals surface area contributed by atoms with Crippen LogP contribution in [0.1, 0.15) is 13.3 Å². The van der Waals surface area contributed by atoms with E-state index in [4.69, 9.17) is 21.1 Å². The van der Waals surface area contributed by atoms with Gasteiger partial charge in [-0.05, 0) is 18.6 Å². The highest BCUT2D eigenvalue weighted by Crippen LogP contribution is 2.11. The standard InChI is InChI=1S/C10H14ClNO2/c1-2-5-13-6-7-14-9-3-4-10(11)12-8-9/h3-4,8H,2,5-7H2,1H3. The zero-order valence-electron chi connectivity index (χ0n) is 8.20. The van der Waals surface area contributed by atoms with Crippen LogP contribution in [0.3, 0.4) is 0 Å². The Balaban J connectivity index is 2.15. The molecule has 14 heavy (non-hydrogen) atoms. The van der Waals surface area contributed by atoms with Gasteiger partial charge in [0.1, 0.15) is 17.5 Å². The molecular formula is C10H14ClNO2. The zero-order valence-corrected chi connectivity index (χ0v) is 8.96. The number of ether oxygens (including phenoxy) is 2. The predicted octanol–water partition coefficient (Wildman–Crippen LogP) is 2.54. The molecule has 0 aliphatic heterocycles. The summed E-state index contributed by atoms with van der Waals surface area (Å²) in [6.45, 7) is 4.01. The molecule has 3 nitrogen and oxygen atoms in total. The maximum absolute atomic E-state index is 5.62. The van der Waals surface area contributed by atoms with E-state index in [2.05, 4.69) is 11.9 Å². The van der Waals surface area contributed by atoms with Gasteiger partial charge in [-0.25, -0.2) is 4.98 Å². The number of rotatable bonds is 6. The predicted molar refractivity (Wildman–Crippen MR) is 55.9 cm³/mol. The van der Waals surface area contributed by atoms with Gasteiger partial charge in [0.2, 0.25) is 0 Å². The van der Waals surface area contributed by atoms with E-state index in [0.717, 1.165) is 18.8 Å². The molecule has 1 aromatic heterocycles. The van der Waals surface area contributed by atoms with Crippen LogP contribution in [-0.4, -0.2) is 24.8 Å². The van der Waals surface area contributed by atoms with Gasteiger partial charge in [0, 0.05) is 6.61 Å². The van der Waals surface area contributed by atoms with Crippen molar-refractivity contribution in [2.24, 2.45) is 0 Å². The molecule has 0 N–H and O–H groups in total. The number of hydrogen-bond donors (Lipinski definition) is 0. The van der Waals surface area contributed by atoms with Gasteiger partial charge in [0.15, 0.2) is 0 Å². The first-order valence-electron chi connectivity index (χ1n) is 4.65. The SMILES string of the molecule is CCCOCCOc1ccc(Cl)nc1. The summed E-state index contributed by atoms with van der Waals surface area (Å²) >= 11 is 5.62. The van der Waals surface area contributed by atoms with Crippen molar-refractivity contribution in [3.8, 4) is 5.75 Å². The number of aromatic nitrogens is 1. The summed E-state index contributed by atoms with van der Waals surface area (Å²) in [5, 5.41) is 0.472. The minimum absolute atomic E-state index is 0.472. The van der Waals surface area contributed by atoms with Gasteiger partial charge in [-0.1, -0.05) is 18.5 Å². The molecule has 0 fully saturated rings. The molecule has 1 rings (SSSR count). The molecule has 1 aromatic rings. The van der Waals surface area contributed by atoms with Crippen molar-refractivity contribution in [1.82, 2.24) is 4.98 Å². The van der Waals surface area contributed by atoms with E-state index in [1.807, 2.05) is 0 Å². The number of pyridine rings is 1. The number of halogens is 1. The lowest BCUT2D eigenvalue weighted by atomic mass is 10.5. The lowest BCUT2D eigenvalue weighted by Gasteiger charge is -2.05. The van der Waals surface area contributed by atoms with Crippen molar-refractivity contribution < 1.29 is 9.47 Å². The Labute approximate surface area is 89.0 Å². The fourth-order valence-electron chi connectivity index (χ4n) is 0.912. The lowest BCUT2D eigenvalue weighted by Crippen LogP contribution is -2.07. The fraction of sp³-hybridized carbons (Fsp3) is 0.500. The van der Waals surface area contributed by atoms with Crippen LogP contribution in [0, 0.1) is 0 Å². The third kappa shape index (κ3) is 4.44. The minimum Gasteiger partial charge on any atom is -0.490 e. The second-order valence-corrected chi connectivity index (χ2v) is 3.16. The van der Waals surface area contributed by atoms with Crippen LogP contribution < -0.4 is 4.74 Å². The molecular weight excluding hydrogens is 202 g/mol. The second kappa shape index (κ2) is 6.62. The van der Waals surface area contributed by atoms with E-state index in [0.29, 0.717) is 18.4 Å². The van der Waals surface area contributed by atoms with Crippen LogP contribution in [0.4, 0.5) is 0 Å². The van der Waals surface area contributed by atoms with Crippen LogP contribution >= 0.6 is 11.6 Å². The van der Waals surface area contributed by atoms with Gasteiger partial charge in [-0.15, -0.1) is 0 Å². The monoisotopic (exact) mass is 215 g/mol. The van der Waals surface area contributed by atoms with Crippen molar-refractivity contribution >= 4 is 11.6 Å². The zero-order chi connectivity index (χ0) is 10.2. The molecule has 0 radical (unpaired) electrons. The average molecular weight is 216 g/mol. The number of nitrogens with zero attached hydrogens (tertiary/aromatic N) is 1. The molecule has 4 heteroatoms. The highest BCUT2D eigenvalue weighted by molar-refractivity contribution is 6.29. The van der Waals surface area contributed by atoms with E-state index >= 15 is 0 Å². The van der Waals surface area contributed by atoms with E-state index < -0.39 is 0 Å². The summed E-state index contributed by atoms with van der Waals surface area (Å²) in [5.41, 5.74) is 0. The summed E-state index contributed by atoms with van der Waals surface area (Å²) in [6.07, 6.45) is 2.63. The highest BCUT2D eigenvalue weighted by atomic mass is 35.5. The summed E-state index contributed by atoms with van der Waals surface area (Å²) in [5.74, 6) is 0.717. The molecule has 0 amide bonds. The Bertz CT molecular complexity index is 251. The van der Waals surface area contributed by atoms with Gasteiger partial charge in [0.25, 0.3) is 0 Å². The fourth-order valence-corrected chi connectivity index (χ4v) is 1.02. The van der Waals surface area contributed by atoms with E-state index in [9.17, 15) is 0 Å². The molecule has 0 aliphatic carbocycles. The van der Waals surface area contributed by atoms with Crippen LogP contribution in [0.2, 0.25) is 5.15 Å². The summed E-state index contributed by atoms with van der Waals surface area (Å²) in [6, 6.07) is 3.49. The first kappa shape index (κ1) is 11.3. The molecule has 1 heterocycles. The first-order chi connectivity index (χ1) is 6.83. The van der Waals surface area contributed by atoms with Crippen LogP contribution in [-0.2, 0) is 4.74 Å².